The van der Waals surface area contributed by atoms with Gasteiger partial charge in [-0.15, -0.1) is 0 Å². The van der Waals surface area contributed by atoms with Crippen molar-refractivity contribution in [3.05, 3.63) is 63.2 Å². The third-order valence-corrected chi connectivity index (χ3v) is 3.98. The first-order valence-corrected chi connectivity index (χ1v) is 7.70. The van der Waals surface area contributed by atoms with Crippen LogP contribution in [0.3, 0.4) is 0 Å². The number of rotatable bonds is 5. The van der Waals surface area contributed by atoms with Gasteiger partial charge in [0.15, 0.2) is 0 Å². The predicted molar refractivity (Wildman–Crippen MR) is 92.2 cm³/mol. The highest BCUT2D eigenvalue weighted by molar-refractivity contribution is 6.23. The molecule has 1 aliphatic heterocycles. The largest absolute Gasteiger partial charge is 0.507 e. The maximum absolute atomic E-state index is 12.3. The molecule has 0 aromatic heterocycles. The Morgan fingerprint density at radius 1 is 1.07 bits per heavy atom. The monoisotopic (exact) mass is 385 g/mol. The molecule has 1 aliphatic rings. The zero-order chi connectivity index (χ0) is 20.6. The second-order valence-electron chi connectivity index (χ2n) is 5.77. The minimum Gasteiger partial charge on any atom is -0.507 e. The third-order valence-electron chi connectivity index (χ3n) is 3.98. The first-order valence-electron chi connectivity index (χ1n) is 7.70. The lowest BCUT2D eigenvalue weighted by atomic mass is 10.1. The molecule has 11 nitrogen and oxygen atoms in total. The van der Waals surface area contributed by atoms with E-state index in [4.69, 9.17) is 5.11 Å². The van der Waals surface area contributed by atoms with Gasteiger partial charge in [-0.1, -0.05) is 0 Å². The van der Waals surface area contributed by atoms with Gasteiger partial charge in [0.05, 0.1) is 16.1 Å². The smallest absolute Gasteiger partial charge is 0.339 e. The Kier molecular flexibility index (Phi) is 4.49. The van der Waals surface area contributed by atoms with Gasteiger partial charge in [0.2, 0.25) is 5.91 Å². The normalized spacial score (nSPS) is 12.6. The quantitative estimate of drug-likeness (QED) is 0.299. The van der Waals surface area contributed by atoms with Gasteiger partial charge in [0.1, 0.15) is 17.9 Å². The number of carbonyl (C=O) groups is 4. The SMILES string of the molecule is O=C(CN1C(=O)c2ccc([N+](=O)[O-])cc2C1=O)Nc1ccc(O)c(C(=O)O)c1. The Hall–Kier alpha value is -4.28. The van der Waals surface area contributed by atoms with Gasteiger partial charge in [0, 0.05) is 17.8 Å². The molecule has 142 valence electrons. The number of amides is 3. The molecule has 0 saturated carbocycles. The Morgan fingerprint density at radius 2 is 1.75 bits per heavy atom. The summed E-state index contributed by atoms with van der Waals surface area (Å²) in [6.45, 7) is -0.677. The lowest BCUT2D eigenvalue weighted by molar-refractivity contribution is -0.384. The van der Waals surface area contributed by atoms with E-state index >= 15 is 0 Å². The van der Waals surface area contributed by atoms with E-state index in [0.29, 0.717) is 4.90 Å². The van der Waals surface area contributed by atoms with Gasteiger partial charge in [-0.05, 0) is 24.3 Å². The summed E-state index contributed by atoms with van der Waals surface area (Å²) in [6, 6.07) is 6.52. The number of carbonyl (C=O) groups excluding carboxylic acids is 3. The van der Waals surface area contributed by atoms with Gasteiger partial charge < -0.3 is 15.5 Å². The minimum absolute atomic E-state index is 0.0347. The summed E-state index contributed by atoms with van der Waals surface area (Å²) >= 11 is 0. The van der Waals surface area contributed by atoms with Crippen molar-refractivity contribution >= 4 is 35.1 Å². The lowest BCUT2D eigenvalue weighted by Gasteiger charge is -2.14. The number of benzene rings is 2. The zero-order valence-electron chi connectivity index (χ0n) is 13.9. The number of carboxylic acids is 1. The standard InChI is InChI=1S/C17H11N3O8/c21-13-4-1-8(5-12(13)17(25)26)18-14(22)7-19-15(23)10-3-2-9(20(27)28)6-11(10)16(19)24/h1-6,21H,7H2,(H,18,22)(H,25,26). The summed E-state index contributed by atoms with van der Waals surface area (Å²) in [6.07, 6.45) is 0. The average Bonchev–Trinajstić information content (AvgIpc) is 2.87. The number of hydrogen-bond acceptors (Lipinski definition) is 7. The number of fused-ring (bicyclic) bond motifs is 1. The van der Waals surface area contributed by atoms with Gasteiger partial charge in [-0.25, -0.2) is 4.79 Å². The molecule has 11 heteroatoms. The van der Waals surface area contributed by atoms with E-state index in [9.17, 15) is 34.4 Å². The van der Waals surface area contributed by atoms with E-state index in [1.54, 1.807) is 0 Å². The summed E-state index contributed by atoms with van der Waals surface area (Å²) < 4.78 is 0. The molecule has 28 heavy (non-hydrogen) atoms. The molecule has 3 N–H and O–H groups in total. The van der Waals surface area contributed by atoms with E-state index in [1.165, 1.54) is 6.07 Å². The number of aromatic hydroxyl groups is 1. The van der Waals surface area contributed by atoms with Crippen molar-refractivity contribution in [2.75, 3.05) is 11.9 Å². The fourth-order valence-corrected chi connectivity index (χ4v) is 2.67. The Bertz CT molecular complexity index is 1060. The van der Waals surface area contributed by atoms with Crippen LogP contribution >= 0.6 is 0 Å². The zero-order valence-corrected chi connectivity index (χ0v) is 13.9. The number of nitro benzene ring substituents is 1. The topological polar surface area (TPSA) is 167 Å². The first kappa shape index (κ1) is 18.5. The van der Waals surface area contributed by atoms with Gasteiger partial charge in [-0.2, -0.15) is 0 Å². The number of imide groups is 1. The van der Waals surface area contributed by atoms with Crippen LogP contribution in [0.4, 0.5) is 11.4 Å². The molecule has 3 amide bonds. The van der Waals surface area contributed by atoms with Crippen LogP contribution in [-0.2, 0) is 4.79 Å². The van der Waals surface area contributed by atoms with E-state index in [1.807, 2.05) is 0 Å². The number of carboxylic acid groups (broad SMARTS) is 1. The number of nitro groups is 1. The van der Waals surface area contributed by atoms with Crippen LogP contribution in [0.1, 0.15) is 31.1 Å². The molecule has 2 aromatic carbocycles. The highest BCUT2D eigenvalue weighted by Gasteiger charge is 2.37. The van der Waals surface area contributed by atoms with Crippen molar-refractivity contribution in [2.24, 2.45) is 0 Å². The van der Waals surface area contributed by atoms with Crippen molar-refractivity contribution in [1.82, 2.24) is 4.90 Å². The van der Waals surface area contributed by atoms with Crippen LogP contribution in [0, 0.1) is 10.1 Å². The molecule has 0 bridgehead atoms. The van der Waals surface area contributed by atoms with Crippen molar-refractivity contribution in [2.45, 2.75) is 0 Å². The van der Waals surface area contributed by atoms with Crippen LogP contribution in [-0.4, -0.2) is 50.3 Å². The molecule has 0 aliphatic carbocycles. The molecule has 1 heterocycles. The second kappa shape index (κ2) is 6.79. The number of non-ortho nitro benzene ring substituents is 1. The fraction of sp³-hybridized carbons (Fsp3) is 0.0588. The number of hydrogen-bond donors (Lipinski definition) is 3. The number of nitrogens with one attached hydrogen (secondary N) is 1. The molecular formula is C17H11N3O8. The van der Waals surface area contributed by atoms with Gasteiger partial charge in [0.25, 0.3) is 17.5 Å². The third kappa shape index (κ3) is 3.23. The average molecular weight is 385 g/mol. The maximum Gasteiger partial charge on any atom is 0.339 e. The van der Waals surface area contributed by atoms with Crippen molar-refractivity contribution in [3.63, 3.8) is 0 Å². The first-order chi connectivity index (χ1) is 13.2. The van der Waals surface area contributed by atoms with Gasteiger partial charge in [-0.3, -0.25) is 29.4 Å². The second-order valence-corrected chi connectivity index (χ2v) is 5.77. The van der Waals surface area contributed by atoms with E-state index in [-0.39, 0.29) is 22.5 Å². The Morgan fingerprint density at radius 3 is 2.39 bits per heavy atom. The lowest BCUT2D eigenvalue weighted by Crippen LogP contribution is -2.37. The number of phenols is 1. The van der Waals surface area contributed by atoms with Crippen LogP contribution < -0.4 is 5.32 Å². The number of anilines is 1. The molecule has 0 atom stereocenters. The van der Waals surface area contributed by atoms with Crippen LogP contribution in [0.5, 0.6) is 5.75 Å². The van der Waals surface area contributed by atoms with E-state index in [0.717, 1.165) is 30.3 Å². The fourth-order valence-electron chi connectivity index (χ4n) is 2.67. The van der Waals surface area contributed by atoms with Crippen molar-refractivity contribution < 1.29 is 34.3 Å². The van der Waals surface area contributed by atoms with Crippen LogP contribution in [0.15, 0.2) is 36.4 Å². The Labute approximate surface area is 156 Å². The summed E-state index contributed by atoms with van der Waals surface area (Å²) in [5.74, 6) is -4.33. The molecule has 0 radical (unpaired) electrons. The molecule has 3 rings (SSSR count). The summed E-state index contributed by atoms with van der Waals surface area (Å²) in [5, 5.41) is 31.6. The molecule has 0 saturated heterocycles. The highest BCUT2D eigenvalue weighted by Crippen LogP contribution is 2.27. The molecule has 2 aromatic rings. The number of aromatic carboxylic acids is 1. The maximum atomic E-state index is 12.3. The van der Waals surface area contributed by atoms with Crippen molar-refractivity contribution in [3.8, 4) is 5.75 Å². The predicted octanol–water partition coefficient (Wildman–Crippen LogP) is 1.23. The molecular weight excluding hydrogens is 374 g/mol. The number of nitrogens with zero attached hydrogens (tertiary/aromatic N) is 2. The Balaban J connectivity index is 1.77. The molecule has 0 fully saturated rings. The van der Waals surface area contributed by atoms with Gasteiger partial charge >= 0.3 is 5.97 Å². The summed E-state index contributed by atoms with van der Waals surface area (Å²) in [7, 11) is 0. The summed E-state index contributed by atoms with van der Waals surface area (Å²) in [4.78, 5) is 58.6. The highest BCUT2D eigenvalue weighted by atomic mass is 16.6. The molecule has 0 unspecified atom stereocenters. The van der Waals surface area contributed by atoms with E-state index < -0.39 is 46.5 Å². The van der Waals surface area contributed by atoms with Crippen LogP contribution in [0.25, 0.3) is 0 Å². The van der Waals surface area contributed by atoms with E-state index in [2.05, 4.69) is 5.32 Å². The molecule has 0 spiro atoms. The minimum atomic E-state index is -1.41. The van der Waals surface area contributed by atoms with Crippen molar-refractivity contribution in [1.29, 1.82) is 0 Å². The van der Waals surface area contributed by atoms with Crippen LogP contribution in [0.2, 0.25) is 0 Å². The summed E-state index contributed by atoms with van der Waals surface area (Å²) in [5.41, 5.74) is -0.999.